The Morgan fingerprint density at radius 2 is 1.84 bits per heavy atom. The van der Waals surface area contributed by atoms with Crippen LogP contribution < -0.4 is 0 Å². The number of ketones is 1. The van der Waals surface area contributed by atoms with Gasteiger partial charge >= 0.3 is 5.97 Å². The van der Waals surface area contributed by atoms with Crippen molar-refractivity contribution in [3.63, 3.8) is 0 Å². The zero-order valence-electron chi connectivity index (χ0n) is 18.4. The summed E-state index contributed by atoms with van der Waals surface area (Å²) in [6.45, 7) is 6.92. The minimum absolute atomic E-state index is 0.0450. The van der Waals surface area contributed by atoms with Gasteiger partial charge in [0, 0.05) is 16.8 Å². The number of hydrogen-bond donors (Lipinski definition) is 1. The lowest BCUT2D eigenvalue weighted by Gasteiger charge is -2.28. The van der Waals surface area contributed by atoms with E-state index in [4.69, 9.17) is 9.15 Å². The van der Waals surface area contributed by atoms with Crippen LogP contribution in [0.4, 0.5) is 4.39 Å². The van der Waals surface area contributed by atoms with Crippen molar-refractivity contribution in [3.8, 4) is 0 Å². The van der Waals surface area contributed by atoms with Crippen molar-refractivity contribution in [1.82, 2.24) is 9.88 Å². The number of nitrogens with one attached hydrogen (secondary N) is 1. The minimum atomic E-state index is -0.888. The lowest BCUT2D eigenvalue weighted by atomic mass is 9.99. The lowest BCUT2D eigenvalue weighted by molar-refractivity contribution is 0.0518. The molecule has 1 amide bonds. The highest BCUT2D eigenvalue weighted by Crippen LogP contribution is 2.24. The van der Waals surface area contributed by atoms with Crippen molar-refractivity contribution in [3.05, 3.63) is 82.3 Å². The fourth-order valence-electron chi connectivity index (χ4n) is 3.59. The number of aryl methyl sites for hydroxylation is 1. The molecule has 1 N–H and O–H groups in total. The number of aromatic nitrogens is 1. The van der Waals surface area contributed by atoms with Crippen molar-refractivity contribution < 1.29 is 27.9 Å². The Bertz CT molecular complexity index is 1120. The fraction of sp³-hybridized carbons (Fsp3) is 0.292. The Hall–Kier alpha value is -3.68. The van der Waals surface area contributed by atoms with Gasteiger partial charge in [-0.25, -0.2) is 9.18 Å². The third kappa shape index (κ3) is 4.64. The van der Waals surface area contributed by atoms with Crippen molar-refractivity contribution in [2.75, 3.05) is 6.61 Å². The second kappa shape index (κ2) is 9.64. The van der Waals surface area contributed by atoms with Crippen molar-refractivity contribution in [2.24, 2.45) is 0 Å². The number of esters is 1. The van der Waals surface area contributed by atoms with Crippen LogP contribution in [0.25, 0.3) is 0 Å². The van der Waals surface area contributed by atoms with E-state index in [-0.39, 0.29) is 30.2 Å². The summed E-state index contributed by atoms with van der Waals surface area (Å²) in [5.74, 6) is -1.30. The van der Waals surface area contributed by atoms with E-state index in [0.717, 1.165) is 0 Å². The Morgan fingerprint density at radius 3 is 2.44 bits per heavy atom. The molecule has 3 rings (SSSR count). The molecule has 0 saturated heterocycles. The van der Waals surface area contributed by atoms with Gasteiger partial charge in [-0.2, -0.15) is 0 Å². The SMILES string of the molecule is CCOC(=O)c1[nH]c(C)c(C(=O)[C@@H](C)N(Cc2ccco2)C(=O)c2ccc(F)cc2)c1C. The minimum Gasteiger partial charge on any atom is -0.467 e. The predicted molar refractivity (Wildman–Crippen MR) is 115 cm³/mol. The summed E-state index contributed by atoms with van der Waals surface area (Å²) in [6.07, 6.45) is 1.48. The number of carbonyl (C=O) groups is 3. The molecule has 8 heteroatoms. The smallest absolute Gasteiger partial charge is 0.355 e. The first-order valence-electron chi connectivity index (χ1n) is 10.2. The zero-order valence-corrected chi connectivity index (χ0v) is 18.4. The first-order chi connectivity index (χ1) is 15.2. The summed E-state index contributed by atoms with van der Waals surface area (Å²) in [7, 11) is 0. The molecule has 0 radical (unpaired) electrons. The Morgan fingerprint density at radius 1 is 1.16 bits per heavy atom. The maximum absolute atomic E-state index is 13.5. The molecular formula is C24H25FN2O5. The van der Waals surface area contributed by atoms with E-state index < -0.39 is 23.7 Å². The summed E-state index contributed by atoms with van der Waals surface area (Å²) in [5.41, 5.74) is 1.76. The summed E-state index contributed by atoms with van der Waals surface area (Å²) in [5, 5.41) is 0. The monoisotopic (exact) mass is 440 g/mol. The van der Waals surface area contributed by atoms with Crippen LogP contribution in [-0.2, 0) is 11.3 Å². The first-order valence-corrected chi connectivity index (χ1v) is 10.2. The molecule has 32 heavy (non-hydrogen) atoms. The van der Waals surface area contributed by atoms with E-state index in [9.17, 15) is 18.8 Å². The van der Waals surface area contributed by atoms with Gasteiger partial charge in [-0.3, -0.25) is 9.59 Å². The highest BCUT2D eigenvalue weighted by molar-refractivity contribution is 6.07. The predicted octanol–water partition coefficient (Wildman–Crippen LogP) is 4.45. The molecule has 0 spiro atoms. The van der Waals surface area contributed by atoms with E-state index in [1.807, 2.05) is 0 Å². The average Bonchev–Trinajstić information content (AvgIpc) is 3.38. The molecule has 0 aliphatic heterocycles. The molecule has 3 aromatic rings. The summed E-state index contributed by atoms with van der Waals surface area (Å²) < 4.78 is 23.8. The highest BCUT2D eigenvalue weighted by Gasteiger charge is 2.32. The van der Waals surface area contributed by atoms with E-state index in [1.54, 1.807) is 39.8 Å². The third-order valence-corrected chi connectivity index (χ3v) is 5.27. The van der Waals surface area contributed by atoms with Gasteiger partial charge in [0.2, 0.25) is 0 Å². The van der Waals surface area contributed by atoms with Crippen molar-refractivity contribution >= 4 is 17.7 Å². The normalized spacial score (nSPS) is 11.8. The molecule has 0 unspecified atom stereocenters. The van der Waals surface area contributed by atoms with E-state index in [0.29, 0.717) is 22.6 Å². The maximum atomic E-state index is 13.5. The van der Waals surface area contributed by atoms with Crippen LogP contribution in [0.2, 0.25) is 0 Å². The van der Waals surface area contributed by atoms with Gasteiger partial charge in [0.1, 0.15) is 17.3 Å². The Kier molecular flexibility index (Phi) is 6.92. The van der Waals surface area contributed by atoms with E-state index in [1.165, 1.54) is 35.4 Å². The quantitative estimate of drug-likeness (QED) is 0.413. The second-order valence-corrected chi connectivity index (χ2v) is 7.41. The Labute approximate surface area is 185 Å². The highest BCUT2D eigenvalue weighted by atomic mass is 19.1. The molecule has 0 saturated carbocycles. The summed E-state index contributed by atoms with van der Waals surface area (Å²) in [6, 6.07) is 7.63. The number of rotatable bonds is 8. The van der Waals surface area contributed by atoms with Crippen molar-refractivity contribution in [2.45, 2.75) is 40.3 Å². The summed E-state index contributed by atoms with van der Waals surface area (Å²) >= 11 is 0. The van der Waals surface area contributed by atoms with Gasteiger partial charge in [0.25, 0.3) is 5.91 Å². The Balaban J connectivity index is 1.96. The molecule has 0 aliphatic rings. The number of ether oxygens (including phenoxy) is 1. The zero-order chi connectivity index (χ0) is 23.4. The maximum Gasteiger partial charge on any atom is 0.355 e. The molecule has 1 aromatic carbocycles. The molecule has 1 atom stereocenters. The van der Waals surface area contributed by atoms with Gasteiger partial charge in [-0.05, 0) is 69.7 Å². The molecule has 168 valence electrons. The number of furan rings is 1. The van der Waals surface area contributed by atoms with Crippen LogP contribution >= 0.6 is 0 Å². The van der Waals surface area contributed by atoms with Gasteiger partial charge in [0.15, 0.2) is 5.78 Å². The van der Waals surface area contributed by atoms with Crippen LogP contribution in [0.3, 0.4) is 0 Å². The summed E-state index contributed by atoms with van der Waals surface area (Å²) in [4.78, 5) is 43.2. The van der Waals surface area contributed by atoms with Gasteiger partial charge in [-0.15, -0.1) is 0 Å². The number of hydrogen-bond acceptors (Lipinski definition) is 5. The van der Waals surface area contributed by atoms with Crippen LogP contribution in [-0.4, -0.2) is 40.2 Å². The molecule has 2 heterocycles. The number of benzene rings is 1. The molecule has 0 aliphatic carbocycles. The topological polar surface area (TPSA) is 92.6 Å². The number of carbonyl (C=O) groups excluding carboxylic acids is 3. The van der Waals surface area contributed by atoms with E-state index in [2.05, 4.69) is 4.98 Å². The third-order valence-electron chi connectivity index (χ3n) is 5.27. The van der Waals surface area contributed by atoms with Gasteiger partial charge in [0.05, 0.1) is 25.5 Å². The van der Waals surface area contributed by atoms with Crippen LogP contribution in [0.5, 0.6) is 0 Å². The molecule has 0 bridgehead atoms. The van der Waals surface area contributed by atoms with Crippen LogP contribution in [0.1, 0.15) is 62.1 Å². The fourth-order valence-corrected chi connectivity index (χ4v) is 3.59. The number of aromatic amines is 1. The van der Waals surface area contributed by atoms with E-state index >= 15 is 0 Å². The van der Waals surface area contributed by atoms with Gasteiger partial charge in [-0.1, -0.05) is 0 Å². The lowest BCUT2D eigenvalue weighted by Crippen LogP contribution is -2.43. The molecule has 2 aromatic heterocycles. The molecule has 0 fully saturated rings. The average molecular weight is 440 g/mol. The number of Topliss-reactive ketones (excluding diaryl/α,β-unsaturated/α-hetero) is 1. The molecule has 7 nitrogen and oxygen atoms in total. The second-order valence-electron chi connectivity index (χ2n) is 7.41. The van der Waals surface area contributed by atoms with Crippen molar-refractivity contribution in [1.29, 1.82) is 0 Å². The van der Waals surface area contributed by atoms with Gasteiger partial charge < -0.3 is 19.0 Å². The number of H-pyrrole nitrogens is 1. The first kappa shape index (κ1) is 23.0. The standard InChI is InChI=1S/C24H25FN2O5/c1-5-31-24(30)21-14(2)20(15(3)26-21)22(28)16(4)27(13-19-7-6-12-32-19)23(29)17-8-10-18(25)11-9-17/h6-12,16,26H,5,13H2,1-4H3/t16-/m1/s1. The largest absolute Gasteiger partial charge is 0.467 e. The van der Waals surface area contributed by atoms with Crippen LogP contribution in [0.15, 0.2) is 47.1 Å². The van der Waals surface area contributed by atoms with Crippen LogP contribution in [0, 0.1) is 19.7 Å². The molecular weight excluding hydrogens is 415 g/mol. The number of halogens is 1. The number of nitrogens with zero attached hydrogens (tertiary/aromatic N) is 1. The number of amides is 1.